The molecule has 33 heavy (non-hydrogen) atoms. The first-order valence-electron chi connectivity index (χ1n) is 10.9. The molecule has 180 valence electrons. The maximum atomic E-state index is 13.5. The first kappa shape index (κ1) is 24.0. The van der Waals surface area contributed by atoms with E-state index in [1.54, 1.807) is 0 Å². The van der Waals surface area contributed by atoms with Gasteiger partial charge < -0.3 is 14.8 Å². The Bertz CT molecular complexity index is 1040. The highest BCUT2D eigenvalue weighted by Gasteiger charge is 2.51. The number of nitrogens with zero attached hydrogens (tertiary/aromatic N) is 1. The Labute approximate surface area is 190 Å². The van der Waals surface area contributed by atoms with E-state index in [4.69, 9.17) is 9.47 Å². The molecule has 1 saturated heterocycles. The monoisotopic (exact) mass is 486 g/mol. The van der Waals surface area contributed by atoms with E-state index in [2.05, 4.69) is 11.4 Å². The molecule has 0 unspecified atom stereocenters. The minimum atomic E-state index is -4.83. The van der Waals surface area contributed by atoms with Crippen LogP contribution in [0.25, 0.3) is 0 Å². The van der Waals surface area contributed by atoms with Gasteiger partial charge in [0.05, 0.1) is 39.9 Å². The summed E-state index contributed by atoms with van der Waals surface area (Å²) < 4.78 is 78.5. The van der Waals surface area contributed by atoms with E-state index in [1.165, 1.54) is 6.07 Å². The molecule has 11 heteroatoms. The molecule has 3 atom stereocenters. The largest absolute Gasteiger partial charge is 0.417 e. The van der Waals surface area contributed by atoms with Gasteiger partial charge in [-0.1, -0.05) is 12.1 Å². The molecule has 1 heterocycles. The number of sulfone groups is 1. The van der Waals surface area contributed by atoms with Gasteiger partial charge in [-0.25, -0.2) is 8.42 Å². The number of nitriles is 1. The molecule has 1 aliphatic heterocycles. The van der Waals surface area contributed by atoms with E-state index in [-0.39, 0.29) is 18.9 Å². The van der Waals surface area contributed by atoms with Crippen LogP contribution in [-0.4, -0.2) is 50.5 Å². The predicted molar refractivity (Wildman–Crippen MR) is 110 cm³/mol. The van der Waals surface area contributed by atoms with E-state index < -0.39 is 55.2 Å². The average molecular weight is 487 g/mol. The van der Waals surface area contributed by atoms with Gasteiger partial charge >= 0.3 is 6.18 Å². The zero-order valence-electron chi connectivity index (χ0n) is 17.8. The van der Waals surface area contributed by atoms with Gasteiger partial charge in [0.1, 0.15) is 5.54 Å². The maximum absolute atomic E-state index is 13.5. The Balaban J connectivity index is 1.60. The van der Waals surface area contributed by atoms with Crippen molar-refractivity contribution in [2.75, 3.05) is 13.2 Å². The summed E-state index contributed by atoms with van der Waals surface area (Å²) in [6, 6.07) is 6.15. The predicted octanol–water partition coefficient (Wildman–Crippen LogP) is 2.99. The van der Waals surface area contributed by atoms with Gasteiger partial charge in [0.25, 0.3) is 0 Å². The molecule has 0 radical (unpaired) electrons. The van der Waals surface area contributed by atoms with Gasteiger partial charge in [-0.3, -0.25) is 4.79 Å². The Kier molecular flexibility index (Phi) is 6.46. The number of carbonyl (C=O) groups is 1. The fraction of sp³-hybridized carbons (Fsp3) is 0.636. The summed E-state index contributed by atoms with van der Waals surface area (Å²) in [5, 5.41) is 10.8. The molecule has 2 aliphatic carbocycles. The van der Waals surface area contributed by atoms with Crippen LogP contribution in [0, 0.1) is 17.2 Å². The Morgan fingerprint density at radius 3 is 2.45 bits per heavy atom. The zero-order valence-corrected chi connectivity index (χ0v) is 18.6. The van der Waals surface area contributed by atoms with Crippen LogP contribution >= 0.6 is 0 Å². The lowest BCUT2D eigenvalue weighted by atomic mass is 10.0. The van der Waals surface area contributed by atoms with Crippen molar-refractivity contribution >= 4 is 15.7 Å². The second kappa shape index (κ2) is 8.89. The summed E-state index contributed by atoms with van der Waals surface area (Å²) in [5.41, 5.74) is -2.17. The van der Waals surface area contributed by atoms with Crippen LogP contribution in [0.2, 0.25) is 0 Å². The lowest BCUT2D eigenvalue weighted by Crippen LogP contribution is -2.43. The van der Waals surface area contributed by atoms with E-state index in [0.717, 1.165) is 18.2 Å². The van der Waals surface area contributed by atoms with Crippen LogP contribution in [0.1, 0.15) is 44.1 Å². The first-order chi connectivity index (χ1) is 15.6. The van der Waals surface area contributed by atoms with Gasteiger partial charge in [0.15, 0.2) is 9.84 Å². The minimum absolute atomic E-state index is 0.0937. The van der Waals surface area contributed by atoms with Crippen LogP contribution in [-0.2, 0) is 30.3 Å². The lowest BCUT2D eigenvalue weighted by molar-refractivity contribution is -0.140. The van der Waals surface area contributed by atoms with Crippen LogP contribution < -0.4 is 5.32 Å². The Morgan fingerprint density at radius 1 is 1.18 bits per heavy atom. The SMILES string of the molecule is N#CC1(NC(=O)[C@@H]2C[C@@H](S(=O)(=O)c3ccccc3C(F)(F)F)C[C@H]2OC2CCOCC2)CC1. The molecule has 0 spiro atoms. The molecule has 7 nitrogen and oxygen atoms in total. The highest BCUT2D eigenvalue weighted by Crippen LogP contribution is 2.42. The molecule has 3 aliphatic rings. The smallest absolute Gasteiger partial charge is 0.381 e. The average Bonchev–Trinajstić information content (AvgIpc) is 3.42. The molecule has 0 bridgehead atoms. The Hall–Kier alpha value is -2.16. The zero-order chi connectivity index (χ0) is 23.9. The van der Waals surface area contributed by atoms with Crippen molar-refractivity contribution < 1.29 is 35.9 Å². The number of benzene rings is 1. The van der Waals surface area contributed by atoms with Gasteiger partial charge in [-0.05, 0) is 50.7 Å². The highest BCUT2D eigenvalue weighted by atomic mass is 32.2. The van der Waals surface area contributed by atoms with Gasteiger partial charge in [0.2, 0.25) is 5.91 Å². The molecule has 3 fully saturated rings. The van der Waals surface area contributed by atoms with Crippen molar-refractivity contribution in [2.45, 2.75) is 72.6 Å². The van der Waals surface area contributed by atoms with Crippen LogP contribution in [0.5, 0.6) is 0 Å². The van der Waals surface area contributed by atoms with E-state index in [1.807, 2.05) is 0 Å². The fourth-order valence-corrected chi connectivity index (χ4v) is 6.56. The second-order valence-corrected chi connectivity index (χ2v) is 11.1. The molecular formula is C22H25F3N2O5S. The summed E-state index contributed by atoms with van der Waals surface area (Å²) >= 11 is 0. The van der Waals surface area contributed by atoms with Gasteiger partial charge in [-0.15, -0.1) is 0 Å². The summed E-state index contributed by atoms with van der Waals surface area (Å²) in [5.74, 6) is -1.37. The molecule has 2 saturated carbocycles. The number of alkyl halides is 3. The third kappa shape index (κ3) is 5.03. The fourth-order valence-electron chi connectivity index (χ4n) is 4.54. The van der Waals surface area contributed by atoms with Crippen molar-refractivity contribution in [3.8, 4) is 6.07 Å². The Morgan fingerprint density at radius 2 is 1.85 bits per heavy atom. The topological polar surface area (TPSA) is 105 Å². The number of ether oxygens (including phenoxy) is 2. The van der Waals surface area contributed by atoms with E-state index in [0.29, 0.717) is 38.9 Å². The normalized spacial score (nSPS) is 27.6. The van der Waals surface area contributed by atoms with Crippen molar-refractivity contribution in [3.63, 3.8) is 0 Å². The molecule has 1 aromatic rings. The van der Waals surface area contributed by atoms with Crippen LogP contribution in [0.3, 0.4) is 0 Å². The van der Waals surface area contributed by atoms with Crippen LogP contribution in [0.15, 0.2) is 29.2 Å². The first-order valence-corrected chi connectivity index (χ1v) is 12.5. The molecule has 1 aromatic carbocycles. The number of rotatable bonds is 6. The molecule has 1 N–H and O–H groups in total. The summed E-state index contributed by atoms with van der Waals surface area (Å²) in [4.78, 5) is 12.2. The third-order valence-corrected chi connectivity index (χ3v) is 8.83. The van der Waals surface area contributed by atoms with Gasteiger partial charge in [0, 0.05) is 13.2 Å². The minimum Gasteiger partial charge on any atom is -0.381 e. The van der Waals surface area contributed by atoms with E-state index >= 15 is 0 Å². The number of halogens is 3. The van der Waals surface area contributed by atoms with E-state index in [9.17, 15) is 31.6 Å². The van der Waals surface area contributed by atoms with Crippen molar-refractivity contribution in [2.24, 2.45) is 5.92 Å². The molecule has 0 aromatic heterocycles. The number of carbonyl (C=O) groups excluding carboxylic acids is 1. The summed E-state index contributed by atoms with van der Waals surface area (Å²) in [6.45, 7) is 0.957. The number of hydrogen-bond donors (Lipinski definition) is 1. The van der Waals surface area contributed by atoms with Crippen molar-refractivity contribution in [1.29, 1.82) is 5.26 Å². The molecular weight excluding hydrogens is 461 g/mol. The quantitative estimate of drug-likeness (QED) is 0.663. The third-order valence-electron chi connectivity index (χ3n) is 6.60. The molecule has 1 amide bonds. The second-order valence-electron chi connectivity index (χ2n) is 8.91. The number of nitrogens with one attached hydrogen (secondary N) is 1. The van der Waals surface area contributed by atoms with Crippen LogP contribution in [0.4, 0.5) is 13.2 Å². The number of amides is 1. The van der Waals surface area contributed by atoms with Crippen molar-refractivity contribution in [3.05, 3.63) is 29.8 Å². The molecule has 4 rings (SSSR count). The summed E-state index contributed by atoms with van der Waals surface area (Å²) in [7, 11) is -4.40. The van der Waals surface area contributed by atoms with Crippen molar-refractivity contribution in [1.82, 2.24) is 5.32 Å². The van der Waals surface area contributed by atoms with Gasteiger partial charge in [-0.2, -0.15) is 18.4 Å². The maximum Gasteiger partial charge on any atom is 0.417 e. The number of hydrogen-bond acceptors (Lipinski definition) is 6. The highest BCUT2D eigenvalue weighted by molar-refractivity contribution is 7.92. The lowest BCUT2D eigenvalue weighted by Gasteiger charge is -2.28. The standard InChI is InChI=1S/C22H25F3N2O5S/c23-22(24,25)17-3-1-2-4-19(17)33(29,30)15-11-16(20(28)27-21(13-26)7-8-21)18(12-15)32-14-5-9-31-10-6-14/h1-4,14-16,18H,5-12H2,(H,27,28)/t15-,16-,18-/m1/s1. The summed E-state index contributed by atoms with van der Waals surface area (Å²) in [6.07, 6.45) is -3.92.